The van der Waals surface area contributed by atoms with Crippen molar-refractivity contribution in [2.24, 2.45) is 5.73 Å². The molecule has 1 atom stereocenters. The van der Waals surface area contributed by atoms with Crippen LogP contribution < -0.4 is 5.73 Å². The normalized spacial score (nSPS) is 12.6. The van der Waals surface area contributed by atoms with Gasteiger partial charge < -0.3 is 5.73 Å². The van der Waals surface area contributed by atoms with E-state index in [-0.39, 0.29) is 4.47 Å². The smallest absolute Gasteiger partial charge is 0.185 e. The average Bonchev–Trinajstić information content (AvgIpc) is 2.24. The molecule has 0 heterocycles. The van der Waals surface area contributed by atoms with Crippen molar-refractivity contribution in [3.63, 3.8) is 0 Å². The SMILES string of the molecule is CCCC(N)C(=O)c1c(F)ccc(Br)c1F. The Hall–Kier alpha value is -0.810. The summed E-state index contributed by atoms with van der Waals surface area (Å²) in [5.41, 5.74) is 4.99. The molecule has 0 amide bonds. The van der Waals surface area contributed by atoms with E-state index in [9.17, 15) is 13.6 Å². The molecule has 2 nitrogen and oxygen atoms in total. The van der Waals surface area contributed by atoms with Gasteiger partial charge in [0, 0.05) is 0 Å². The molecule has 2 N–H and O–H groups in total. The quantitative estimate of drug-likeness (QED) is 0.684. The molecule has 0 aliphatic carbocycles. The van der Waals surface area contributed by atoms with Gasteiger partial charge in [-0.3, -0.25) is 4.79 Å². The zero-order valence-electron chi connectivity index (χ0n) is 8.77. The maximum absolute atomic E-state index is 13.6. The highest BCUT2D eigenvalue weighted by atomic mass is 79.9. The van der Waals surface area contributed by atoms with Gasteiger partial charge in [0.15, 0.2) is 11.6 Å². The van der Waals surface area contributed by atoms with Crippen molar-refractivity contribution < 1.29 is 13.6 Å². The lowest BCUT2D eigenvalue weighted by Crippen LogP contribution is -2.31. The third kappa shape index (κ3) is 2.65. The van der Waals surface area contributed by atoms with E-state index in [1.165, 1.54) is 6.07 Å². The fourth-order valence-electron chi connectivity index (χ4n) is 1.38. The molecule has 16 heavy (non-hydrogen) atoms. The Balaban J connectivity index is 3.12. The van der Waals surface area contributed by atoms with Crippen molar-refractivity contribution in [1.29, 1.82) is 0 Å². The lowest BCUT2D eigenvalue weighted by molar-refractivity contribution is 0.0948. The van der Waals surface area contributed by atoms with E-state index < -0.39 is 29.0 Å². The van der Waals surface area contributed by atoms with Gasteiger partial charge in [-0.15, -0.1) is 0 Å². The number of carbonyl (C=O) groups is 1. The third-order valence-electron chi connectivity index (χ3n) is 2.23. The van der Waals surface area contributed by atoms with Crippen LogP contribution in [-0.2, 0) is 0 Å². The van der Waals surface area contributed by atoms with Crippen LogP contribution in [0.3, 0.4) is 0 Å². The minimum absolute atomic E-state index is 0.0564. The summed E-state index contributed by atoms with van der Waals surface area (Å²) in [5, 5.41) is 0. The molecule has 0 aliphatic rings. The summed E-state index contributed by atoms with van der Waals surface area (Å²) in [5.74, 6) is -2.47. The van der Waals surface area contributed by atoms with Crippen molar-refractivity contribution in [3.05, 3.63) is 33.8 Å². The van der Waals surface area contributed by atoms with Crippen LogP contribution in [0.25, 0.3) is 0 Å². The van der Waals surface area contributed by atoms with Gasteiger partial charge in [0.2, 0.25) is 0 Å². The predicted octanol–water partition coefficient (Wildman–Crippen LogP) is 3.04. The number of carbonyl (C=O) groups excluding carboxylic acids is 1. The van der Waals surface area contributed by atoms with Crippen molar-refractivity contribution in [2.75, 3.05) is 0 Å². The summed E-state index contributed by atoms with van der Waals surface area (Å²) >= 11 is 2.90. The minimum Gasteiger partial charge on any atom is -0.321 e. The first-order valence-electron chi connectivity index (χ1n) is 4.92. The van der Waals surface area contributed by atoms with Gasteiger partial charge in [0.05, 0.1) is 16.1 Å². The average molecular weight is 292 g/mol. The topological polar surface area (TPSA) is 43.1 Å². The van der Waals surface area contributed by atoms with Crippen LogP contribution in [0.5, 0.6) is 0 Å². The van der Waals surface area contributed by atoms with Crippen LogP contribution in [0.15, 0.2) is 16.6 Å². The second-order valence-corrected chi connectivity index (χ2v) is 4.33. The fraction of sp³-hybridized carbons (Fsp3) is 0.364. The molecule has 0 saturated carbocycles. The molecule has 0 radical (unpaired) electrons. The van der Waals surface area contributed by atoms with E-state index in [0.717, 1.165) is 6.07 Å². The number of halogens is 3. The standard InChI is InChI=1S/C11H12BrF2NO/c1-2-3-8(15)11(16)9-7(13)5-4-6(12)10(9)14/h4-5,8H,2-3,15H2,1H3. The number of rotatable bonds is 4. The minimum atomic E-state index is -0.892. The van der Waals surface area contributed by atoms with Crippen LogP contribution in [0.4, 0.5) is 8.78 Å². The number of benzene rings is 1. The van der Waals surface area contributed by atoms with E-state index in [1.807, 2.05) is 6.92 Å². The monoisotopic (exact) mass is 291 g/mol. The summed E-state index contributed by atoms with van der Waals surface area (Å²) in [4.78, 5) is 11.7. The lowest BCUT2D eigenvalue weighted by atomic mass is 10.0. The zero-order chi connectivity index (χ0) is 12.3. The molecule has 0 aromatic heterocycles. The second-order valence-electron chi connectivity index (χ2n) is 3.48. The molecule has 88 valence electrons. The largest absolute Gasteiger partial charge is 0.321 e. The molecule has 1 rings (SSSR count). The van der Waals surface area contributed by atoms with Gasteiger partial charge in [-0.1, -0.05) is 13.3 Å². The summed E-state index contributed by atoms with van der Waals surface area (Å²) < 4.78 is 27.0. The molecule has 0 spiro atoms. The van der Waals surface area contributed by atoms with Crippen molar-refractivity contribution in [1.82, 2.24) is 0 Å². The van der Waals surface area contributed by atoms with Gasteiger partial charge in [0.1, 0.15) is 5.82 Å². The maximum atomic E-state index is 13.6. The third-order valence-corrected chi connectivity index (χ3v) is 2.84. The van der Waals surface area contributed by atoms with Crippen LogP contribution in [0.2, 0.25) is 0 Å². The summed E-state index contributed by atoms with van der Waals surface area (Å²) in [6, 6.07) is 1.40. The van der Waals surface area contributed by atoms with Crippen LogP contribution in [-0.4, -0.2) is 11.8 Å². The predicted molar refractivity (Wildman–Crippen MR) is 61.3 cm³/mol. The molecule has 1 unspecified atom stereocenters. The molecule has 1 aromatic rings. The van der Waals surface area contributed by atoms with E-state index in [0.29, 0.717) is 12.8 Å². The summed E-state index contributed by atoms with van der Waals surface area (Å²) in [6.45, 7) is 1.85. The Morgan fingerprint density at radius 3 is 2.69 bits per heavy atom. The molecule has 0 saturated heterocycles. The van der Waals surface area contributed by atoms with Crippen LogP contribution in [0.1, 0.15) is 30.1 Å². The van der Waals surface area contributed by atoms with E-state index in [1.54, 1.807) is 0 Å². The number of hydrogen-bond acceptors (Lipinski definition) is 2. The highest BCUT2D eigenvalue weighted by molar-refractivity contribution is 9.10. The number of ketones is 1. The molecular weight excluding hydrogens is 280 g/mol. The van der Waals surface area contributed by atoms with Gasteiger partial charge >= 0.3 is 0 Å². The van der Waals surface area contributed by atoms with Crippen molar-refractivity contribution in [3.8, 4) is 0 Å². The molecule has 0 bridgehead atoms. The first-order valence-corrected chi connectivity index (χ1v) is 5.71. The fourth-order valence-corrected chi connectivity index (χ4v) is 1.71. The molecular formula is C11H12BrF2NO. The Morgan fingerprint density at radius 2 is 2.12 bits per heavy atom. The van der Waals surface area contributed by atoms with Crippen LogP contribution in [0, 0.1) is 11.6 Å². The molecule has 5 heteroatoms. The highest BCUT2D eigenvalue weighted by Crippen LogP contribution is 2.23. The molecule has 1 aromatic carbocycles. The Morgan fingerprint density at radius 1 is 1.50 bits per heavy atom. The van der Waals surface area contributed by atoms with Gasteiger partial charge in [0.25, 0.3) is 0 Å². The molecule has 0 fully saturated rings. The number of Topliss-reactive ketones (excluding diaryl/α,β-unsaturated/α-hetero) is 1. The van der Waals surface area contributed by atoms with Crippen molar-refractivity contribution >= 4 is 21.7 Å². The number of nitrogens with two attached hydrogens (primary N) is 1. The maximum Gasteiger partial charge on any atom is 0.185 e. The Bertz CT molecular complexity index is 409. The van der Waals surface area contributed by atoms with E-state index in [2.05, 4.69) is 15.9 Å². The van der Waals surface area contributed by atoms with Gasteiger partial charge in [-0.25, -0.2) is 8.78 Å². The summed E-state index contributed by atoms with van der Waals surface area (Å²) in [6.07, 6.45) is 1.09. The summed E-state index contributed by atoms with van der Waals surface area (Å²) in [7, 11) is 0. The first kappa shape index (κ1) is 13.3. The first-order chi connectivity index (χ1) is 7.49. The van der Waals surface area contributed by atoms with Gasteiger partial charge in [-0.2, -0.15) is 0 Å². The van der Waals surface area contributed by atoms with Gasteiger partial charge in [-0.05, 0) is 34.5 Å². The Labute approximate surface area is 101 Å². The number of hydrogen-bond donors (Lipinski definition) is 1. The zero-order valence-corrected chi connectivity index (χ0v) is 10.4. The lowest BCUT2D eigenvalue weighted by Gasteiger charge is -2.11. The van der Waals surface area contributed by atoms with E-state index >= 15 is 0 Å². The second kappa shape index (κ2) is 5.50. The van der Waals surface area contributed by atoms with Crippen LogP contribution >= 0.6 is 15.9 Å². The van der Waals surface area contributed by atoms with E-state index in [4.69, 9.17) is 5.73 Å². The molecule has 0 aliphatic heterocycles. The Kier molecular flexibility index (Phi) is 4.56. The highest BCUT2D eigenvalue weighted by Gasteiger charge is 2.23. The van der Waals surface area contributed by atoms with Crippen molar-refractivity contribution in [2.45, 2.75) is 25.8 Å².